The Morgan fingerprint density at radius 2 is 2.11 bits per heavy atom. The topological polar surface area (TPSA) is 72.2 Å². The fourth-order valence-corrected chi connectivity index (χ4v) is 1.90. The van der Waals surface area contributed by atoms with Gasteiger partial charge >= 0.3 is 5.97 Å². The molecule has 98 valence electrons. The van der Waals surface area contributed by atoms with Crippen LogP contribution in [0.5, 0.6) is 0 Å². The third kappa shape index (κ3) is 2.87. The predicted molar refractivity (Wildman–Crippen MR) is 68.7 cm³/mol. The first kappa shape index (κ1) is 13.4. The lowest BCUT2D eigenvalue weighted by Gasteiger charge is -2.07. The van der Waals surface area contributed by atoms with E-state index in [4.69, 9.17) is 5.11 Å². The van der Waals surface area contributed by atoms with Gasteiger partial charge in [0.05, 0.1) is 11.0 Å². The monoisotopic (exact) mass is 326 g/mol. The number of aromatic carboxylic acids is 1. The van der Waals surface area contributed by atoms with E-state index in [9.17, 15) is 14.0 Å². The molecule has 19 heavy (non-hydrogen) atoms. The van der Waals surface area contributed by atoms with Crippen molar-refractivity contribution in [3.05, 3.63) is 62.2 Å². The average molecular weight is 327 g/mol. The molecule has 0 amide bonds. The summed E-state index contributed by atoms with van der Waals surface area (Å²) in [6.07, 6.45) is 0. The molecule has 1 aromatic heterocycles. The molecule has 0 saturated heterocycles. The lowest BCUT2D eigenvalue weighted by molar-refractivity contribution is 0.0687. The van der Waals surface area contributed by atoms with Gasteiger partial charge < -0.3 is 5.11 Å². The number of carboxylic acid groups (broad SMARTS) is 1. The molecule has 0 bridgehead atoms. The van der Waals surface area contributed by atoms with Crippen LogP contribution in [0.3, 0.4) is 0 Å². The number of benzene rings is 1. The second-order valence-corrected chi connectivity index (χ2v) is 4.53. The Balaban J connectivity index is 2.43. The molecule has 0 fully saturated rings. The van der Waals surface area contributed by atoms with E-state index in [0.717, 1.165) is 16.8 Å². The summed E-state index contributed by atoms with van der Waals surface area (Å²) in [7, 11) is 0. The zero-order valence-electron chi connectivity index (χ0n) is 9.51. The Bertz CT molecular complexity index is 700. The van der Waals surface area contributed by atoms with Crippen molar-refractivity contribution in [1.29, 1.82) is 0 Å². The van der Waals surface area contributed by atoms with E-state index in [1.54, 1.807) is 6.07 Å². The first-order valence-electron chi connectivity index (χ1n) is 5.23. The molecule has 1 aromatic carbocycles. The van der Waals surface area contributed by atoms with Gasteiger partial charge in [-0.2, -0.15) is 5.10 Å². The summed E-state index contributed by atoms with van der Waals surface area (Å²) in [5.74, 6) is -1.69. The largest absolute Gasteiger partial charge is 0.476 e. The van der Waals surface area contributed by atoms with Crippen molar-refractivity contribution >= 4 is 21.9 Å². The number of aromatic nitrogens is 2. The maximum atomic E-state index is 13.3. The van der Waals surface area contributed by atoms with Crippen LogP contribution >= 0.6 is 15.9 Å². The Morgan fingerprint density at radius 1 is 1.37 bits per heavy atom. The summed E-state index contributed by atoms with van der Waals surface area (Å²) in [5.41, 5.74) is -0.203. The van der Waals surface area contributed by atoms with Crippen molar-refractivity contribution in [3.8, 4) is 0 Å². The second-order valence-electron chi connectivity index (χ2n) is 3.73. The van der Waals surface area contributed by atoms with E-state index in [1.807, 2.05) is 0 Å². The first-order chi connectivity index (χ1) is 8.99. The van der Waals surface area contributed by atoms with Crippen LogP contribution in [0, 0.1) is 5.82 Å². The van der Waals surface area contributed by atoms with Crippen LogP contribution in [0.15, 0.2) is 39.6 Å². The normalized spacial score (nSPS) is 10.4. The average Bonchev–Trinajstić information content (AvgIpc) is 2.37. The van der Waals surface area contributed by atoms with Crippen LogP contribution in [0.4, 0.5) is 4.39 Å². The van der Waals surface area contributed by atoms with Crippen molar-refractivity contribution in [3.63, 3.8) is 0 Å². The van der Waals surface area contributed by atoms with Gasteiger partial charge in [0.25, 0.3) is 5.56 Å². The minimum absolute atomic E-state index is 0.0156. The highest BCUT2D eigenvalue weighted by molar-refractivity contribution is 9.10. The highest BCUT2D eigenvalue weighted by Gasteiger charge is 2.10. The predicted octanol–water partition coefficient (Wildman–Crippen LogP) is 1.89. The molecular formula is C12H8BrFN2O3. The van der Waals surface area contributed by atoms with Crippen LogP contribution in [0.25, 0.3) is 0 Å². The zero-order chi connectivity index (χ0) is 14.0. The van der Waals surface area contributed by atoms with Crippen molar-refractivity contribution in [2.45, 2.75) is 6.54 Å². The molecule has 0 saturated carbocycles. The Hall–Kier alpha value is -2.02. The van der Waals surface area contributed by atoms with E-state index < -0.39 is 17.3 Å². The summed E-state index contributed by atoms with van der Waals surface area (Å²) < 4.78 is 14.5. The molecular weight excluding hydrogens is 319 g/mol. The minimum Gasteiger partial charge on any atom is -0.476 e. The van der Waals surface area contributed by atoms with Crippen molar-refractivity contribution in [1.82, 2.24) is 9.78 Å². The first-order valence-corrected chi connectivity index (χ1v) is 6.02. The molecule has 2 rings (SSSR count). The number of carbonyl (C=O) groups is 1. The number of nitrogens with zero attached hydrogens (tertiary/aromatic N) is 2. The summed E-state index contributed by atoms with van der Waals surface area (Å²) in [6.45, 7) is -0.0156. The van der Waals surface area contributed by atoms with Crippen molar-refractivity contribution in [2.75, 3.05) is 0 Å². The number of rotatable bonds is 3. The van der Waals surface area contributed by atoms with Gasteiger partial charge in [0.15, 0.2) is 5.69 Å². The SMILES string of the molecule is O=C(O)c1ccc(=O)n(Cc2cccc(F)c2Br)n1. The van der Waals surface area contributed by atoms with Crippen LogP contribution in [-0.2, 0) is 6.54 Å². The third-order valence-corrected chi connectivity index (χ3v) is 3.33. The van der Waals surface area contributed by atoms with Gasteiger partial charge in [-0.3, -0.25) is 4.79 Å². The fraction of sp³-hybridized carbons (Fsp3) is 0.0833. The highest BCUT2D eigenvalue weighted by Crippen LogP contribution is 2.20. The standard InChI is InChI=1S/C12H8BrFN2O3/c13-11-7(2-1-3-8(11)14)6-16-10(17)5-4-9(15-16)12(18)19/h1-5H,6H2,(H,18,19). The molecule has 0 radical (unpaired) electrons. The van der Waals surface area contributed by atoms with Crippen LogP contribution in [-0.4, -0.2) is 20.9 Å². The van der Waals surface area contributed by atoms with Crippen LogP contribution in [0.2, 0.25) is 0 Å². The summed E-state index contributed by atoms with van der Waals surface area (Å²) >= 11 is 3.08. The van der Waals surface area contributed by atoms with E-state index >= 15 is 0 Å². The summed E-state index contributed by atoms with van der Waals surface area (Å²) in [5, 5.41) is 12.5. The van der Waals surface area contributed by atoms with Gasteiger partial charge in [-0.05, 0) is 33.6 Å². The van der Waals surface area contributed by atoms with Crippen molar-refractivity contribution < 1.29 is 14.3 Å². The maximum Gasteiger partial charge on any atom is 0.356 e. The minimum atomic E-state index is -1.23. The summed E-state index contributed by atoms with van der Waals surface area (Å²) in [6, 6.07) is 6.64. The molecule has 2 aromatic rings. The molecule has 0 spiro atoms. The van der Waals surface area contributed by atoms with Crippen molar-refractivity contribution in [2.24, 2.45) is 0 Å². The number of hydrogen-bond donors (Lipinski definition) is 1. The summed E-state index contributed by atoms with van der Waals surface area (Å²) in [4.78, 5) is 22.4. The van der Waals surface area contributed by atoms with Gasteiger partial charge in [0.1, 0.15) is 5.82 Å². The Kier molecular flexibility index (Phi) is 3.75. The molecule has 5 nitrogen and oxygen atoms in total. The Morgan fingerprint density at radius 3 is 2.79 bits per heavy atom. The van der Waals surface area contributed by atoms with Gasteiger partial charge in [0.2, 0.25) is 0 Å². The van der Waals surface area contributed by atoms with Gasteiger partial charge in [-0.15, -0.1) is 0 Å². The molecule has 1 N–H and O–H groups in total. The smallest absolute Gasteiger partial charge is 0.356 e. The molecule has 0 aliphatic rings. The van der Waals surface area contributed by atoms with Gasteiger partial charge in [0, 0.05) is 6.07 Å². The second kappa shape index (κ2) is 5.31. The lowest BCUT2D eigenvalue weighted by Crippen LogP contribution is -2.25. The molecule has 0 aliphatic heterocycles. The van der Waals surface area contributed by atoms with Crippen LogP contribution < -0.4 is 5.56 Å². The zero-order valence-corrected chi connectivity index (χ0v) is 11.1. The molecule has 0 aliphatic carbocycles. The van der Waals surface area contributed by atoms with E-state index in [1.165, 1.54) is 12.1 Å². The van der Waals surface area contributed by atoms with Gasteiger partial charge in [-0.25, -0.2) is 13.9 Å². The fourth-order valence-electron chi connectivity index (χ4n) is 1.51. The third-order valence-electron chi connectivity index (χ3n) is 2.44. The van der Waals surface area contributed by atoms with E-state index in [0.29, 0.717) is 5.56 Å². The number of hydrogen-bond acceptors (Lipinski definition) is 3. The maximum absolute atomic E-state index is 13.3. The number of carboxylic acids is 1. The molecule has 7 heteroatoms. The van der Waals surface area contributed by atoms with Crippen LogP contribution in [0.1, 0.15) is 16.1 Å². The highest BCUT2D eigenvalue weighted by atomic mass is 79.9. The molecule has 1 heterocycles. The molecule has 0 unspecified atom stereocenters. The Labute approximate surface area is 115 Å². The lowest BCUT2D eigenvalue weighted by atomic mass is 10.2. The molecule has 0 atom stereocenters. The quantitative estimate of drug-likeness (QED) is 0.934. The van der Waals surface area contributed by atoms with Gasteiger partial charge in [-0.1, -0.05) is 12.1 Å². The van der Waals surface area contributed by atoms with E-state index in [-0.39, 0.29) is 16.7 Å². The number of halogens is 2. The van der Waals surface area contributed by atoms with E-state index in [2.05, 4.69) is 21.0 Å².